The minimum atomic E-state index is -0.667. The van der Waals surface area contributed by atoms with Crippen LogP contribution >= 0.6 is 0 Å². The molecule has 1 amide bonds. The molecule has 4 N–H and O–H groups in total. The third-order valence-electron chi connectivity index (χ3n) is 7.57. The van der Waals surface area contributed by atoms with Crippen LogP contribution in [0.1, 0.15) is 41.3 Å². The predicted molar refractivity (Wildman–Crippen MR) is 143 cm³/mol. The van der Waals surface area contributed by atoms with Crippen molar-refractivity contribution in [2.24, 2.45) is 17.6 Å². The van der Waals surface area contributed by atoms with Crippen LogP contribution in [0.2, 0.25) is 0 Å². The second-order valence-electron chi connectivity index (χ2n) is 10.7. The van der Waals surface area contributed by atoms with Gasteiger partial charge in [-0.15, -0.1) is 0 Å². The van der Waals surface area contributed by atoms with Crippen molar-refractivity contribution in [3.05, 3.63) is 69.4 Å². The fraction of sp³-hybridized carbons (Fsp3) is 0.448. The number of nitrogens with one attached hydrogen (secondary N) is 1. The van der Waals surface area contributed by atoms with Crippen LogP contribution in [0.25, 0.3) is 21.9 Å². The number of aromatic nitrogens is 1. The lowest BCUT2D eigenvalue weighted by atomic mass is 9.91. The third-order valence-corrected chi connectivity index (χ3v) is 7.57. The number of fused-ring (bicyclic) bond motifs is 1. The summed E-state index contributed by atoms with van der Waals surface area (Å²) in [5.74, 6) is -0.671. The first kappa shape index (κ1) is 25.6. The molecular weight excluding hydrogens is 471 g/mol. The van der Waals surface area contributed by atoms with Crippen molar-refractivity contribution in [3.8, 4) is 11.1 Å². The molecule has 2 heterocycles. The van der Waals surface area contributed by atoms with E-state index in [1.807, 2.05) is 31.3 Å². The number of halogens is 1. The van der Waals surface area contributed by atoms with E-state index in [1.54, 1.807) is 10.6 Å². The Kier molecular flexibility index (Phi) is 7.42. The SMILES string of the molecule is C[C@H](CO)Cn1cc(CN2CCNCC2)c2cc(-c3cc(C(N)=O)cc(F)c3CC3CC3)ccc2c1=O. The highest BCUT2D eigenvalue weighted by Gasteiger charge is 2.26. The van der Waals surface area contributed by atoms with E-state index in [-0.39, 0.29) is 23.6 Å². The zero-order valence-corrected chi connectivity index (χ0v) is 21.3. The molecule has 2 aliphatic rings. The molecule has 1 atom stereocenters. The van der Waals surface area contributed by atoms with Crippen LogP contribution in [0, 0.1) is 17.7 Å². The fourth-order valence-electron chi connectivity index (χ4n) is 5.25. The fourth-order valence-corrected chi connectivity index (χ4v) is 5.25. The van der Waals surface area contributed by atoms with Gasteiger partial charge in [-0.1, -0.05) is 13.0 Å². The van der Waals surface area contributed by atoms with Gasteiger partial charge in [0.1, 0.15) is 5.82 Å². The normalized spacial score (nSPS) is 17.3. The molecule has 0 bridgehead atoms. The maximum absolute atomic E-state index is 15.2. The summed E-state index contributed by atoms with van der Waals surface area (Å²) in [4.78, 5) is 27.7. The van der Waals surface area contributed by atoms with Gasteiger partial charge in [0.2, 0.25) is 5.91 Å². The molecule has 196 valence electrons. The van der Waals surface area contributed by atoms with Crippen LogP contribution in [0.3, 0.4) is 0 Å². The van der Waals surface area contributed by atoms with Crippen molar-refractivity contribution < 1.29 is 14.3 Å². The Morgan fingerprint density at radius 1 is 1.19 bits per heavy atom. The van der Waals surface area contributed by atoms with E-state index < -0.39 is 11.7 Å². The van der Waals surface area contributed by atoms with Crippen LogP contribution in [0.4, 0.5) is 4.39 Å². The highest BCUT2D eigenvalue weighted by Crippen LogP contribution is 2.38. The number of primary amides is 1. The van der Waals surface area contributed by atoms with Crippen LogP contribution in [-0.4, -0.2) is 53.3 Å². The third kappa shape index (κ3) is 5.61. The van der Waals surface area contributed by atoms with Gasteiger partial charge in [-0.05, 0) is 83.0 Å². The number of carbonyl (C=O) groups is 1. The molecule has 0 radical (unpaired) electrons. The van der Waals surface area contributed by atoms with Crippen molar-refractivity contribution in [2.75, 3.05) is 32.8 Å². The Bertz CT molecular complexity index is 1380. The second kappa shape index (κ2) is 10.7. The summed E-state index contributed by atoms with van der Waals surface area (Å²) in [7, 11) is 0. The van der Waals surface area contributed by atoms with Gasteiger partial charge in [-0.2, -0.15) is 0 Å². The molecule has 1 saturated carbocycles. The molecule has 7 nitrogen and oxygen atoms in total. The highest BCUT2D eigenvalue weighted by molar-refractivity contribution is 5.95. The number of nitrogens with two attached hydrogens (primary N) is 1. The molecule has 2 fully saturated rings. The van der Waals surface area contributed by atoms with Gasteiger partial charge in [0.05, 0.1) is 0 Å². The lowest BCUT2D eigenvalue weighted by molar-refractivity contribution is 0.1000. The van der Waals surface area contributed by atoms with E-state index in [4.69, 9.17) is 5.73 Å². The average molecular weight is 507 g/mol. The summed E-state index contributed by atoms with van der Waals surface area (Å²) in [6.45, 7) is 6.66. The molecule has 5 rings (SSSR count). The number of benzene rings is 2. The summed E-state index contributed by atoms with van der Waals surface area (Å²) in [6.07, 6.45) is 4.68. The van der Waals surface area contributed by atoms with Gasteiger partial charge >= 0.3 is 0 Å². The highest BCUT2D eigenvalue weighted by atomic mass is 19.1. The van der Waals surface area contributed by atoms with Crippen LogP contribution in [-0.2, 0) is 19.5 Å². The Hall–Kier alpha value is -3.07. The van der Waals surface area contributed by atoms with E-state index in [0.29, 0.717) is 41.9 Å². The van der Waals surface area contributed by atoms with Gasteiger partial charge in [0.15, 0.2) is 0 Å². The smallest absolute Gasteiger partial charge is 0.258 e. The predicted octanol–water partition coefficient (Wildman–Crippen LogP) is 2.89. The molecular formula is C29H35FN4O3. The van der Waals surface area contributed by atoms with Crippen LogP contribution in [0.5, 0.6) is 0 Å². The van der Waals surface area contributed by atoms with E-state index in [0.717, 1.165) is 55.5 Å². The first-order chi connectivity index (χ1) is 17.8. The summed E-state index contributed by atoms with van der Waals surface area (Å²) >= 11 is 0. The number of aliphatic hydroxyl groups is 1. The second-order valence-corrected chi connectivity index (χ2v) is 10.7. The van der Waals surface area contributed by atoms with Gasteiger partial charge in [0.25, 0.3) is 5.56 Å². The number of piperazine rings is 1. The molecule has 3 aromatic rings. The van der Waals surface area contributed by atoms with Crippen molar-refractivity contribution in [2.45, 2.75) is 39.3 Å². The number of amides is 1. The summed E-state index contributed by atoms with van der Waals surface area (Å²) in [5.41, 5.74) is 8.59. The summed E-state index contributed by atoms with van der Waals surface area (Å²) in [6, 6.07) is 8.54. The van der Waals surface area contributed by atoms with Crippen molar-refractivity contribution >= 4 is 16.7 Å². The van der Waals surface area contributed by atoms with Crippen molar-refractivity contribution in [3.63, 3.8) is 0 Å². The molecule has 2 aromatic carbocycles. The van der Waals surface area contributed by atoms with E-state index >= 15 is 4.39 Å². The van der Waals surface area contributed by atoms with Crippen molar-refractivity contribution in [1.82, 2.24) is 14.8 Å². The largest absolute Gasteiger partial charge is 0.396 e. The van der Waals surface area contributed by atoms with Crippen LogP contribution < -0.4 is 16.6 Å². The summed E-state index contributed by atoms with van der Waals surface area (Å²) in [5, 5.41) is 14.4. The lowest BCUT2D eigenvalue weighted by Crippen LogP contribution is -2.43. The first-order valence-corrected chi connectivity index (χ1v) is 13.2. The van der Waals surface area contributed by atoms with E-state index in [1.165, 1.54) is 6.07 Å². The van der Waals surface area contributed by atoms with Crippen LogP contribution in [0.15, 0.2) is 41.3 Å². The quantitative estimate of drug-likeness (QED) is 0.414. The monoisotopic (exact) mass is 506 g/mol. The molecule has 0 unspecified atom stereocenters. The maximum Gasteiger partial charge on any atom is 0.258 e. The summed E-state index contributed by atoms with van der Waals surface area (Å²) < 4.78 is 16.9. The van der Waals surface area contributed by atoms with Gasteiger partial charge in [-0.25, -0.2) is 4.39 Å². The number of pyridine rings is 1. The Balaban J connectivity index is 1.66. The topological polar surface area (TPSA) is 101 Å². The van der Waals surface area contributed by atoms with E-state index in [2.05, 4.69) is 10.2 Å². The molecule has 1 aromatic heterocycles. The minimum Gasteiger partial charge on any atom is -0.396 e. The number of hydrogen-bond acceptors (Lipinski definition) is 5. The standard InChI is InChI=1S/C29H35FN4O3/c1-18(17-35)14-34-16-22(15-33-8-6-32-7-9-33)25-11-20(4-5-23(25)29(34)37)24-12-21(28(31)36)13-27(30)26(24)10-19-2-3-19/h4-5,11-13,16,18-19,32,35H,2-3,6-10,14-15,17H2,1H3,(H2,31,36)/t18-/m0/s1. The van der Waals surface area contributed by atoms with Gasteiger partial charge in [-0.3, -0.25) is 14.5 Å². The lowest BCUT2D eigenvalue weighted by Gasteiger charge is -2.28. The Labute approximate surface area is 216 Å². The number of aliphatic hydroxyl groups excluding tert-OH is 1. The number of rotatable bonds is 9. The average Bonchev–Trinajstić information content (AvgIpc) is 3.72. The van der Waals surface area contributed by atoms with Gasteiger partial charge in [0, 0.05) is 63.0 Å². The van der Waals surface area contributed by atoms with Gasteiger partial charge < -0.3 is 20.7 Å². The molecule has 1 saturated heterocycles. The molecule has 1 aliphatic carbocycles. The maximum atomic E-state index is 15.2. The molecule has 0 spiro atoms. The zero-order valence-electron chi connectivity index (χ0n) is 21.3. The Morgan fingerprint density at radius 2 is 1.95 bits per heavy atom. The number of carbonyl (C=O) groups excluding carboxylic acids is 1. The molecule has 8 heteroatoms. The number of nitrogens with zero attached hydrogens (tertiary/aromatic N) is 2. The first-order valence-electron chi connectivity index (χ1n) is 13.2. The number of hydrogen-bond donors (Lipinski definition) is 3. The minimum absolute atomic E-state index is 0.00206. The Morgan fingerprint density at radius 3 is 2.62 bits per heavy atom. The zero-order chi connectivity index (χ0) is 26.1. The molecule has 37 heavy (non-hydrogen) atoms. The molecule has 1 aliphatic heterocycles. The van der Waals surface area contributed by atoms with E-state index in [9.17, 15) is 14.7 Å². The van der Waals surface area contributed by atoms with Crippen molar-refractivity contribution in [1.29, 1.82) is 0 Å².